The van der Waals surface area contributed by atoms with Crippen LogP contribution in [0.2, 0.25) is 5.02 Å². The summed E-state index contributed by atoms with van der Waals surface area (Å²) in [4.78, 5) is 3.86. The van der Waals surface area contributed by atoms with E-state index in [1.54, 1.807) is 0 Å². The lowest BCUT2D eigenvalue weighted by atomic mass is 10.1. The van der Waals surface area contributed by atoms with Crippen LogP contribution in [0.15, 0.2) is 36.5 Å². The Morgan fingerprint density at radius 3 is 2.53 bits per heavy atom. The summed E-state index contributed by atoms with van der Waals surface area (Å²) in [7, 11) is 0. The van der Waals surface area contributed by atoms with Gasteiger partial charge >= 0.3 is 6.18 Å². The molecule has 0 aliphatic carbocycles. The van der Waals surface area contributed by atoms with Gasteiger partial charge in [0.2, 0.25) is 0 Å². The summed E-state index contributed by atoms with van der Waals surface area (Å²) < 4.78 is 38.4. The summed E-state index contributed by atoms with van der Waals surface area (Å²) in [6.45, 7) is 0. The first-order valence-electron chi connectivity index (χ1n) is 5.22. The summed E-state index contributed by atoms with van der Waals surface area (Å²) in [6, 6.07) is 6.50. The van der Waals surface area contributed by atoms with Crippen LogP contribution in [-0.2, 0) is 6.18 Å². The molecule has 2 rings (SSSR count). The molecule has 0 bridgehead atoms. The number of aromatic nitrogens is 1. The Balaban J connectivity index is 2.39. The summed E-state index contributed by atoms with van der Waals surface area (Å²) in [5.74, 6) is 0.126. The average molecular weight is 288 g/mol. The Morgan fingerprint density at radius 2 is 1.89 bits per heavy atom. The maximum Gasteiger partial charge on any atom is 0.418 e. The van der Waals surface area contributed by atoms with E-state index in [4.69, 9.17) is 17.3 Å². The van der Waals surface area contributed by atoms with Crippen molar-refractivity contribution in [1.29, 1.82) is 0 Å². The van der Waals surface area contributed by atoms with Crippen LogP contribution in [0.25, 0.3) is 0 Å². The first-order chi connectivity index (χ1) is 8.88. The van der Waals surface area contributed by atoms with Crippen molar-refractivity contribution >= 4 is 28.8 Å². The van der Waals surface area contributed by atoms with E-state index in [0.29, 0.717) is 5.02 Å². The van der Waals surface area contributed by atoms with E-state index in [9.17, 15) is 13.2 Å². The highest BCUT2D eigenvalue weighted by molar-refractivity contribution is 6.30. The number of benzene rings is 1. The number of nitrogen functional groups attached to an aromatic ring is 1. The number of nitrogens with zero attached hydrogens (tertiary/aromatic N) is 1. The lowest BCUT2D eigenvalue weighted by Crippen LogP contribution is -2.09. The molecule has 19 heavy (non-hydrogen) atoms. The molecule has 1 heterocycles. The molecule has 0 fully saturated rings. The monoisotopic (exact) mass is 287 g/mol. The Hall–Kier alpha value is -1.95. The third kappa shape index (κ3) is 3.08. The van der Waals surface area contributed by atoms with Gasteiger partial charge in [-0.1, -0.05) is 23.7 Å². The molecule has 0 aliphatic heterocycles. The molecule has 7 heteroatoms. The lowest BCUT2D eigenvalue weighted by molar-refractivity contribution is -0.136. The maximum absolute atomic E-state index is 12.8. The first kappa shape index (κ1) is 13.5. The van der Waals surface area contributed by atoms with Gasteiger partial charge in [0, 0.05) is 6.20 Å². The number of anilines is 3. The van der Waals surface area contributed by atoms with Crippen LogP contribution >= 0.6 is 11.6 Å². The molecule has 0 unspecified atom stereocenters. The van der Waals surface area contributed by atoms with Gasteiger partial charge in [0.05, 0.1) is 22.0 Å². The zero-order valence-electron chi connectivity index (χ0n) is 9.50. The van der Waals surface area contributed by atoms with E-state index in [0.717, 1.165) is 6.07 Å². The third-order valence-corrected chi connectivity index (χ3v) is 2.58. The van der Waals surface area contributed by atoms with Gasteiger partial charge in [-0.2, -0.15) is 13.2 Å². The van der Waals surface area contributed by atoms with Gasteiger partial charge in [0.15, 0.2) is 5.82 Å². The Morgan fingerprint density at radius 1 is 1.21 bits per heavy atom. The zero-order chi connectivity index (χ0) is 14.0. The molecule has 0 saturated carbocycles. The summed E-state index contributed by atoms with van der Waals surface area (Å²) in [5.41, 5.74) is 4.91. The number of hydrogen-bond acceptors (Lipinski definition) is 3. The fourth-order valence-electron chi connectivity index (χ4n) is 1.53. The Labute approximate surface area is 112 Å². The number of nitrogens with two attached hydrogens (primary N) is 1. The molecule has 1 aromatic heterocycles. The molecule has 3 nitrogen and oxygen atoms in total. The van der Waals surface area contributed by atoms with Crippen LogP contribution in [-0.4, -0.2) is 4.98 Å². The zero-order valence-corrected chi connectivity index (χ0v) is 10.3. The smallest absolute Gasteiger partial charge is 0.396 e. The SMILES string of the molecule is Nc1cc(Cl)cnc1Nc1ccccc1C(F)(F)F. The third-order valence-electron chi connectivity index (χ3n) is 2.37. The van der Waals surface area contributed by atoms with E-state index >= 15 is 0 Å². The Bertz CT molecular complexity index is 599. The number of rotatable bonds is 2. The molecular formula is C12H9ClF3N3. The van der Waals surface area contributed by atoms with Gasteiger partial charge in [-0.05, 0) is 18.2 Å². The second-order valence-electron chi connectivity index (χ2n) is 3.76. The lowest BCUT2D eigenvalue weighted by Gasteiger charge is -2.14. The predicted octanol–water partition coefficient (Wildman–Crippen LogP) is 4.08. The second kappa shape index (κ2) is 4.97. The molecule has 3 N–H and O–H groups in total. The van der Waals surface area contributed by atoms with Crippen molar-refractivity contribution in [3.63, 3.8) is 0 Å². The van der Waals surface area contributed by atoms with Crippen molar-refractivity contribution in [2.24, 2.45) is 0 Å². The van der Waals surface area contributed by atoms with Gasteiger partial charge in [-0.15, -0.1) is 0 Å². The fraction of sp³-hybridized carbons (Fsp3) is 0.0833. The largest absolute Gasteiger partial charge is 0.418 e. The van der Waals surface area contributed by atoms with Crippen LogP contribution in [0.3, 0.4) is 0 Å². The molecule has 0 aliphatic rings. The van der Waals surface area contributed by atoms with E-state index < -0.39 is 11.7 Å². The molecule has 100 valence electrons. The molecular weight excluding hydrogens is 279 g/mol. The van der Waals surface area contributed by atoms with Gasteiger partial charge in [-0.3, -0.25) is 0 Å². The Kier molecular flexibility index (Phi) is 3.53. The topological polar surface area (TPSA) is 50.9 Å². The van der Waals surface area contributed by atoms with E-state index in [1.807, 2.05) is 0 Å². The van der Waals surface area contributed by atoms with Gasteiger partial charge < -0.3 is 11.1 Å². The normalized spacial score (nSPS) is 11.4. The molecule has 2 aromatic rings. The summed E-state index contributed by atoms with van der Waals surface area (Å²) in [6.07, 6.45) is -3.15. The van der Waals surface area contributed by atoms with Crippen molar-refractivity contribution < 1.29 is 13.2 Å². The van der Waals surface area contributed by atoms with Crippen LogP contribution in [0.1, 0.15) is 5.56 Å². The minimum Gasteiger partial charge on any atom is -0.396 e. The number of halogens is 4. The molecule has 0 spiro atoms. The molecule has 0 saturated heterocycles. The minimum atomic E-state index is -4.45. The van der Waals surface area contributed by atoms with Crippen molar-refractivity contribution in [2.75, 3.05) is 11.1 Å². The highest BCUT2D eigenvalue weighted by atomic mass is 35.5. The molecule has 1 aromatic carbocycles. The highest BCUT2D eigenvalue weighted by Gasteiger charge is 2.33. The van der Waals surface area contributed by atoms with E-state index in [1.165, 1.54) is 30.5 Å². The quantitative estimate of drug-likeness (QED) is 0.875. The number of nitrogens with one attached hydrogen (secondary N) is 1. The summed E-state index contributed by atoms with van der Waals surface area (Å²) >= 11 is 5.67. The highest BCUT2D eigenvalue weighted by Crippen LogP contribution is 2.36. The van der Waals surface area contributed by atoms with E-state index in [-0.39, 0.29) is 17.2 Å². The second-order valence-corrected chi connectivity index (χ2v) is 4.20. The number of para-hydroxylation sites is 1. The van der Waals surface area contributed by atoms with Crippen LogP contribution < -0.4 is 11.1 Å². The van der Waals surface area contributed by atoms with Crippen LogP contribution in [0, 0.1) is 0 Å². The van der Waals surface area contributed by atoms with Crippen LogP contribution in [0.5, 0.6) is 0 Å². The van der Waals surface area contributed by atoms with Crippen molar-refractivity contribution in [3.05, 3.63) is 47.1 Å². The molecule has 0 atom stereocenters. The maximum atomic E-state index is 12.8. The predicted molar refractivity (Wildman–Crippen MR) is 68.4 cm³/mol. The summed E-state index contributed by atoms with van der Waals surface area (Å²) in [5, 5.41) is 2.87. The van der Waals surface area contributed by atoms with Gasteiger partial charge in [0.25, 0.3) is 0 Å². The number of pyridine rings is 1. The van der Waals surface area contributed by atoms with E-state index in [2.05, 4.69) is 10.3 Å². The first-order valence-corrected chi connectivity index (χ1v) is 5.60. The van der Waals surface area contributed by atoms with Crippen molar-refractivity contribution in [2.45, 2.75) is 6.18 Å². The fourth-order valence-corrected chi connectivity index (χ4v) is 1.69. The number of alkyl halides is 3. The number of hydrogen-bond donors (Lipinski definition) is 2. The van der Waals surface area contributed by atoms with Crippen LogP contribution in [0.4, 0.5) is 30.4 Å². The van der Waals surface area contributed by atoms with Gasteiger partial charge in [-0.25, -0.2) is 4.98 Å². The van der Waals surface area contributed by atoms with Gasteiger partial charge in [0.1, 0.15) is 0 Å². The van der Waals surface area contributed by atoms with Crippen molar-refractivity contribution in [3.8, 4) is 0 Å². The average Bonchev–Trinajstić information content (AvgIpc) is 2.32. The van der Waals surface area contributed by atoms with Crippen molar-refractivity contribution in [1.82, 2.24) is 4.98 Å². The minimum absolute atomic E-state index is 0.114. The molecule has 0 amide bonds. The molecule has 0 radical (unpaired) electrons. The standard InChI is InChI=1S/C12H9ClF3N3/c13-7-5-9(17)11(18-6-7)19-10-4-2-1-3-8(10)12(14,15)16/h1-6H,17H2,(H,18,19).